The Labute approximate surface area is 104 Å². The Kier molecular flexibility index (Phi) is 4.00. The van der Waals surface area contributed by atoms with Crippen molar-refractivity contribution in [2.24, 2.45) is 5.92 Å². The summed E-state index contributed by atoms with van der Waals surface area (Å²) in [5, 5.41) is 3.18. The van der Waals surface area contributed by atoms with Crippen LogP contribution in [-0.4, -0.2) is 29.5 Å². The molecular weight excluding hydrogens is 210 g/mol. The smallest absolute Gasteiger partial charge is 0.130 e. The third kappa shape index (κ3) is 3.43. The lowest BCUT2D eigenvalue weighted by Gasteiger charge is -2.24. The number of aromatic nitrogens is 1. The molecule has 17 heavy (non-hydrogen) atoms. The Hall–Kier alpha value is -1.09. The fraction of sp³-hybridized carbons (Fsp3) is 0.643. The summed E-state index contributed by atoms with van der Waals surface area (Å²) in [5.41, 5.74) is 1.31. The summed E-state index contributed by atoms with van der Waals surface area (Å²) in [6.07, 6.45) is 4.57. The molecule has 0 bridgehead atoms. The van der Waals surface area contributed by atoms with Crippen LogP contribution in [0.5, 0.6) is 0 Å². The summed E-state index contributed by atoms with van der Waals surface area (Å²) in [6, 6.07) is 5.01. The largest absolute Gasteiger partial charge is 0.373 e. The molecule has 94 valence electrons. The fourth-order valence-corrected chi connectivity index (χ4v) is 2.26. The van der Waals surface area contributed by atoms with Gasteiger partial charge in [-0.25, -0.2) is 4.98 Å². The molecule has 0 aromatic carbocycles. The molecule has 3 heteroatoms. The predicted molar refractivity (Wildman–Crippen MR) is 72.1 cm³/mol. The minimum Gasteiger partial charge on any atom is -0.373 e. The second-order valence-electron chi connectivity index (χ2n) is 5.32. The lowest BCUT2D eigenvalue weighted by molar-refractivity contribution is 0.226. The summed E-state index contributed by atoms with van der Waals surface area (Å²) in [5.74, 6) is 1.74. The highest BCUT2D eigenvalue weighted by Gasteiger charge is 2.29. The minimum atomic E-state index is 0.727. The van der Waals surface area contributed by atoms with Crippen LogP contribution in [0, 0.1) is 5.92 Å². The van der Waals surface area contributed by atoms with E-state index in [0.717, 1.165) is 24.3 Å². The zero-order valence-corrected chi connectivity index (χ0v) is 11.1. The van der Waals surface area contributed by atoms with E-state index in [1.807, 2.05) is 19.3 Å². The van der Waals surface area contributed by atoms with E-state index in [1.165, 1.54) is 24.9 Å². The average molecular weight is 233 g/mol. The number of hydrogen-bond acceptors (Lipinski definition) is 3. The Balaban J connectivity index is 2.05. The first-order valence-electron chi connectivity index (χ1n) is 6.56. The van der Waals surface area contributed by atoms with E-state index < -0.39 is 0 Å². The monoisotopic (exact) mass is 233 g/mol. The van der Waals surface area contributed by atoms with Gasteiger partial charge in [-0.1, -0.05) is 19.9 Å². The Bertz CT molecular complexity index is 358. The molecular formula is C14H23N3. The molecule has 0 spiro atoms. The molecule has 1 aliphatic carbocycles. The normalized spacial score (nSPS) is 15.6. The lowest BCUT2D eigenvalue weighted by Crippen LogP contribution is -2.29. The van der Waals surface area contributed by atoms with Crippen LogP contribution in [0.1, 0.15) is 32.3 Å². The van der Waals surface area contributed by atoms with Crippen LogP contribution < -0.4 is 5.32 Å². The van der Waals surface area contributed by atoms with Gasteiger partial charge in [0.25, 0.3) is 0 Å². The topological polar surface area (TPSA) is 28.2 Å². The van der Waals surface area contributed by atoms with Crippen LogP contribution in [0.25, 0.3) is 0 Å². The van der Waals surface area contributed by atoms with Crippen molar-refractivity contribution in [1.82, 2.24) is 9.88 Å². The van der Waals surface area contributed by atoms with Gasteiger partial charge in [0, 0.05) is 37.9 Å². The van der Waals surface area contributed by atoms with Crippen molar-refractivity contribution in [2.75, 3.05) is 18.9 Å². The predicted octanol–water partition coefficient (Wildman–Crippen LogP) is 2.74. The van der Waals surface area contributed by atoms with Crippen LogP contribution in [0.3, 0.4) is 0 Å². The van der Waals surface area contributed by atoms with E-state index in [9.17, 15) is 0 Å². The molecule has 1 aromatic heterocycles. The number of nitrogens with zero attached hydrogens (tertiary/aromatic N) is 2. The van der Waals surface area contributed by atoms with Crippen molar-refractivity contribution in [3.05, 3.63) is 23.9 Å². The van der Waals surface area contributed by atoms with Gasteiger partial charge in [-0.15, -0.1) is 0 Å². The molecule has 0 unspecified atom stereocenters. The van der Waals surface area contributed by atoms with Crippen LogP contribution in [0.2, 0.25) is 0 Å². The second-order valence-corrected chi connectivity index (χ2v) is 5.32. The van der Waals surface area contributed by atoms with E-state index in [2.05, 4.69) is 35.1 Å². The van der Waals surface area contributed by atoms with Crippen molar-refractivity contribution in [1.29, 1.82) is 0 Å². The quantitative estimate of drug-likeness (QED) is 0.819. The molecule has 0 aliphatic heterocycles. The Morgan fingerprint density at radius 1 is 1.47 bits per heavy atom. The zero-order valence-electron chi connectivity index (χ0n) is 11.1. The van der Waals surface area contributed by atoms with Crippen LogP contribution >= 0.6 is 0 Å². The highest BCUT2D eigenvalue weighted by Crippen LogP contribution is 2.29. The molecule has 3 nitrogen and oxygen atoms in total. The van der Waals surface area contributed by atoms with Crippen molar-refractivity contribution < 1.29 is 0 Å². The number of nitrogens with one attached hydrogen (secondary N) is 1. The zero-order chi connectivity index (χ0) is 12.3. The first kappa shape index (κ1) is 12.4. The van der Waals surface area contributed by atoms with Gasteiger partial charge in [0.05, 0.1) is 0 Å². The second kappa shape index (κ2) is 5.50. The molecule has 2 rings (SSSR count). The summed E-state index contributed by atoms with van der Waals surface area (Å²) < 4.78 is 0. The molecule has 1 aliphatic rings. The number of hydrogen-bond donors (Lipinski definition) is 1. The third-order valence-corrected chi connectivity index (χ3v) is 3.16. The number of anilines is 1. The molecule has 0 amide bonds. The lowest BCUT2D eigenvalue weighted by atomic mass is 10.1. The van der Waals surface area contributed by atoms with Gasteiger partial charge in [0.2, 0.25) is 0 Å². The Morgan fingerprint density at radius 3 is 2.82 bits per heavy atom. The molecule has 1 aromatic rings. The molecule has 0 radical (unpaired) electrons. The van der Waals surface area contributed by atoms with E-state index in [4.69, 9.17) is 0 Å². The highest BCUT2D eigenvalue weighted by atomic mass is 15.2. The first-order valence-corrected chi connectivity index (χ1v) is 6.56. The molecule has 1 fully saturated rings. The van der Waals surface area contributed by atoms with Crippen molar-refractivity contribution in [3.63, 3.8) is 0 Å². The van der Waals surface area contributed by atoms with Gasteiger partial charge in [0.15, 0.2) is 0 Å². The molecule has 1 heterocycles. The van der Waals surface area contributed by atoms with E-state index in [0.29, 0.717) is 0 Å². The minimum absolute atomic E-state index is 0.727. The van der Waals surface area contributed by atoms with Gasteiger partial charge in [-0.2, -0.15) is 0 Å². The third-order valence-electron chi connectivity index (χ3n) is 3.16. The fourth-order valence-electron chi connectivity index (χ4n) is 2.26. The van der Waals surface area contributed by atoms with Gasteiger partial charge in [0.1, 0.15) is 5.82 Å². The summed E-state index contributed by atoms with van der Waals surface area (Å²) in [4.78, 5) is 6.97. The van der Waals surface area contributed by atoms with Gasteiger partial charge >= 0.3 is 0 Å². The maximum atomic E-state index is 4.37. The standard InChI is InChI=1S/C14H23N3/c1-11(2)9-17(13-6-7-13)10-12-5-4-8-16-14(12)15-3/h4-5,8,11,13H,6-7,9-10H2,1-3H3,(H,15,16). The van der Waals surface area contributed by atoms with E-state index >= 15 is 0 Å². The number of pyridine rings is 1. The summed E-state index contributed by atoms with van der Waals surface area (Å²) >= 11 is 0. The van der Waals surface area contributed by atoms with Crippen molar-refractivity contribution in [3.8, 4) is 0 Å². The molecule has 0 atom stereocenters. The first-order chi connectivity index (χ1) is 8.20. The van der Waals surface area contributed by atoms with Crippen LogP contribution in [0.4, 0.5) is 5.82 Å². The van der Waals surface area contributed by atoms with Crippen molar-refractivity contribution in [2.45, 2.75) is 39.3 Å². The maximum Gasteiger partial charge on any atom is 0.130 e. The van der Waals surface area contributed by atoms with E-state index in [1.54, 1.807) is 0 Å². The van der Waals surface area contributed by atoms with Crippen LogP contribution in [0.15, 0.2) is 18.3 Å². The summed E-state index contributed by atoms with van der Waals surface area (Å²) in [6.45, 7) is 6.78. The SMILES string of the molecule is CNc1ncccc1CN(CC(C)C)C1CC1. The average Bonchev–Trinajstić information content (AvgIpc) is 3.12. The molecule has 0 saturated heterocycles. The number of rotatable bonds is 6. The van der Waals surface area contributed by atoms with Gasteiger partial charge < -0.3 is 5.32 Å². The molecule has 1 N–H and O–H groups in total. The highest BCUT2D eigenvalue weighted by molar-refractivity contribution is 5.42. The molecule has 1 saturated carbocycles. The van der Waals surface area contributed by atoms with Gasteiger partial charge in [-0.05, 0) is 24.8 Å². The summed E-state index contributed by atoms with van der Waals surface area (Å²) in [7, 11) is 1.94. The van der Waals surface area contributed by atoms with E-state index in [-0.39, 0.29) is 0 Å². The maximum absolute atomic E-state index is 4.37. The van der Waals surface area contributed by atoms with Crippen molar-refractivity contribution >= 4 is 5.82 Å². The van der Waals surface area contributed by atoms with Crippen LogP contribution in [-0.2, 0) is 6.54 Å². The Morgan fingerprint density at radius 2 is 2.24 bits per heavy atom. The van der Waals surface area contributed by atoms with Gasteiger partial charge in [-0.3, -0.25) is 4.90 Å².